The van der Waals surface area contributed by atoms with Crippen LogP contribution in [0.5, 0.6) is 5.75 Å². The quantitative estimate of drug-likeness (QED) is 0.327. The molecule has 10 heteroatoms. The molecular formula is C21H20FNO7S. The van der Waals surface area contributed by atoms with Crippen LogP contribution in [0.2, 0.25) is 0 Å². The number of hydrogen-bond donors (Lipinski definition) is 0. The summed E-state index contributed by atoms with van der Waals surface area (Å²) < 4.78 is 33.5. The van der Waals surface area contributed by atoms with Crippen LogP contribution in [0.3, 0.4) is 0 Å². The average molecular weight is 449 g/mol. The number of hydrogen-bond acceptors (Lipinski definition) is 8. The highest BCUT2D eigenvalue weighted by molar-refractivity contribution is 8.04. The molecular weight excluding hydrogens is 429 g/mol. The number of ether oxygens (including phenoxy) is 3. The van der Waals surface area contributed by atoms with Gasteiger partial charge < -0.3 is 23.5 Å². The molecule has 1 aliphatic heterocycles. The minimum absolute atomic E-state index is 0.0248. The lowest BCUT2D eigenvalue weighted by Gasteiger charge is -2.16. The van der Waals surface area contributed by atoms with Gasteiger partial charge in [0.15, 0.2) is 0 Å². The van der Waals surface area contributed by atoms with E-state index in [1.54, 1.807) is 6.07 Å². The Bertz CT molecular complexity index is 970. The summed E-state index contributed by atoms with van der Waals surface area (Å²) in [6, 6.07) is 8.60. The van der Waals surface area contributed by atoms with Crippen molar-refractivity contribution < 1.29 is 37.4 Å². The summed E-state index contributed by atoms with van der Waals surface area (Å²) in [5.41, 5.74) is 0. The first-order valence-corrected chi connectivity index (χ1v) is 10.3. The van der Waals surface area contributed by atoms with E-state index in [-0.39, 0.29) is 36.5 Å². The molecule has 8 nitrogen and oxygen atoms in total. The van der Waals surface area contributed by atoms with E-state index in [4.69, 9.17) is 13.9 Å². The minimum Gasteiger partial charge on any atom is -0.486 e. The molecule has 1 saturated heterocycles. The molecule has 1 amide bonds. The van der Waals surface area contributed by atoms with E-state index in [0.717, 1.165) is 0 Å². The van der Waals surface area contributed by atoms with E-state index in [9.17, 15) is 18.8 Å². The molecule has 164 valence electrons. The maximum atomic E-state index is 12.9. The summed E-state index contributed by atoms with van der Waals surface area (Å²) in [4.78, 5) is 36.9. The van der Waals surface area contributed by atoms with Gasteiger partial charge in [0.2, 0.25) is 11.7 Å². The number of amides is 1. The molecule has 1 aromatic heterocycles. The van der Waals surface area contributed by atoms with Crippen LogP contribution in [0.15, 0.2) is 51.9 Å². The lowest BCUT2D eigenvalue weighted by atomic mass is 10.3. The molecule has 0 atom stereocenters. The van der Waals surface area contributed by atoms with E-state index >= 15 is 0 Å². The number of esters is 2. The van der Waals surface area contributed by atoms with Gasteiger partial charge in [0.05, 0.1) is 30.6 Å². The Hall–Kier alpha value is -3.27. The number of nitrogens with zero attached hydrogens (tertiary/aromatic N) is 1. The Kier molecular flexibility index (Phi) is 7.71. The van der Waals surface area contributed by atoms with Crippen molar-refractivity contribution in [1.29, 1.82) is 0 Å². The number of methoxy groups -OCH3 is 1. The zero-order chi connectivity index (χ0) is 22.2. The predicted octanol–water partition coefficient (Wildman–Crippen LogP) is 3.13. The van der Waals surface area contributed by atoms with E-state index in [0.29, 0.717) is 29.5 Å². The molecule has 0 spiro atoms. The molecule has 0 unspecified atom stereocenters. The van der Waals surface area contributed by atoms with Crippen LogP contribution in [0, 0.1) is 5.82 Å². The number of thioether (sulfide) groups is 1. The number of carbonyl (C=O) groups is 3. The van der Waals surface area contributed by atoms with Crippen molar-refractivity contribution in [2.75, 3.05) is 26.0 Å². The van der Waals surface area contributed by atoms with Gasteiger partial charge in [-0.2, -0.15) is 0 Å². The van der Waals surface area contributed by atoms with E-state index < -0.39 is 11.9 Å². The maximum absolute atomic E-state index is 12.9. The van der Waals surface area contributed by atoms with Crippen molar-refractivity contribution in [3.05, 3.63) is 64.8 Å². The second-order valence-corrected chi connectivity index (χ2v) is 7.33. The molecule has 2 aromatic rings. The van der Waals surface area contributed by atoms with Crippen molar-refractivity contribution in [3.63, 3.8) is 0 Å². The van der Waals surface area contributed by atoms with Crippen LogP contribution < -0.4 is 4.74 Å². The topological polar surface area (TPSA) is 95.3 Å². The first-order chi connectivity index (χ1) is 15.0. The fraction of sp³-hybridized carbons (Fsp3) is 0.286. The largest absolute Gasteiger partial charge is 0.486 e. The first kappa shape index (κ1) is 22.4. The number of halogens is 1. The highest BCUT2D eigenvalue weighted by Gasteiger charge is 2.27. The van der Waals surface area contributed by atoms with Crippen LogP contribution in [0.4, 0.5) is 4.39 Å². The molecule has 0 N–H and O–H groups in total. The summed E-state index contributed by atoms with van der Waals surface area (Å²) in [7, 11) is 1.26. The van der Waals surface area contributed by atoms with Crippen LogP contribution in [-0.2, 0) is 25.7 Å². The maximum Gasteiger partial charge on any atom is 0.374 e. The predicted molar refractivity (Wildman–Crippen MR) is 109 cm³/mol. The minimum atomic E-state index is -0.638. The molecule has 1 aromatic carbocycles. The van der Waals surface area contributed by atoms with Crippen molar-refractivity contribution in [2.24, 2.45) is 0 Å². The van der Waals surface area contributed by atoms with Gasteiger partial charge in [0.1, 0.15) is 23.9 Å². The summed E-state index contributed by atoms with van der Waals surface area (Å²) in [6.07, 6.45) is 1.65. The highest BCUT2D eigenvalue weighted by atomic mass is 32.2. The molecule has 0 bridgehead atoms. The highest BCUT2D eigenvalue weighted by Crippen LogP contribution is 2.28. The molecule has 2 heterocycles. The fourth-order valence-electron chi connectivity index (χ4n) is 2.64. The van der Waals surface area contributed by atoms with Crippen LogP contribution in [0.25, 0.3) is 0 Å². The zero-order valence-corrected chi connectivity index (χ0v) is 17.5. The van der Waals surface area contributed by atoms with E-state index in [1.807, 2.05) is 0 Å². The Balaban J connectivity index is 1.42. The molecule has 31 heavy (non-hydrogen) atoms. The van der Waals surface area contributed by atoms with Gasteiger partial charge in [-0.15, -0.1) is 0 Å². The SMILES string of the molecule is COC(=O)/C=C1/SCC(=O)N1CCCOC(=O)c1ccc(COc2ccc(F)cc2)o1. The van der Waals surface area contributed by atoms with Gasteiger partial charge in [-0.25, -0.2) is 14.0 Å². The van der Waals surface area contributed by atoms with Crippen LogP contribution >= 0.6 is 11.8 Å². The monoisotopic (exact) mass is 449 g/mol. The summed E-state index contributed by atoms with van der Waals surface area (Å²) in [5, 5.41) is 0.514. The van der Waals surface area contributed by atoms with E-state index in [2.05, 4.69) is 4.74 Å². The Morgan fingerprint density at radius 3 is 2.74 bits per heavy atom. The molecule has 1 fully saturated rings. The second kappa shape index (κ2) is 10.7. The summed E-state index contributed by atoms with van der Waals surface area (Å²) in [6.45, 7) is 0.445. The molecule has 0 aliphatic carbocycles. The van der Waals surface area contributed by atoms with Crippen molar-refractivity contribution in [1.82, 2.24) is 4.90 Å². The third kappa shape index (κ3) is 6.35. The normalized spacial score (nSPS) is 14.7. The second-order valence-electron chi connectivity index (χ2n) is 6.34. The lowest BCUT2D eigenvalue weighted by Crippen LogP contribution is -2.27. The smallest absolute Gasteiger partial charge is 0.374 e. The molecule has 3 rings (SSSR count). The Morgan fingerprint density at radius 1 is 1.23 bits per heavy atom. The van der Waals surface area contributed by atoms with Gasteiger partial charge in [-0.1, -0.05) is 11.8 Å². The van der Waals surface area contributed by atoms with Crippen LogP contribution in [0.1, 0.15) is 22.7 Å². The van der Waals surface area contributed by atoms with Gasteiger partial charge >= 0.3 is 11.9 Å². The zero-order valence-electron chi connectivity index (χ0n) is 16.7. The van der Waals surface area contributed by atoms with Crippen molar-refractivity contribution >= 4 is 29.6 Å². The van der Waals surface area contributed by atoms with Crippen molar-refractivity contribution in [2.45, 2.75) is 13.0 Å². The number of furan rings is 1. The van der Waals surface area contributed by atoms with Gasteiger partial charge in [-0.3, -0.25) is 4.79 Å². The standard InChI is InChI=1S/C21H20FNO7S/c1-27-20(25)11-19-23(18(24)13-31-19)9-2-10-28-21(26)17-8-7-16(30-17)12-29-15-5-3-14(22)4-6-15/h3-8,11H,2,9-10,12-13H2,1H3/b19-11+. The number of carbonyl (C=O) groups excluding carboxylic acids is 3. The lowest BCUT2D eigenvalue weighted by molar-refractivity contribution is -0.134. The van der Waals surface area contributed by atoms with Crippen molar-refractivity contribution in [3.8, 4) is 5.75 Å². The van der Waals surface area contributed by atoms with Gasteiger partial charge in [0, 0.05) is 6.54 Å². The average Bonchev–Trinajstić information content (AvgIpc) is 3.38. The Labute approximate surface area is 181 Å². The summed E-state index contributed by atoms with van der Waals surface area (Å²) >= 11 is 1.25. The first-order valence-electron chi connectivity index (χ1n) is 9.33. The van der Waals surface area contributed by atoms with E-state index in [1.165, 1.54) is 60.2 Å². The van der Waals surface area contributed by atoms with Crippen LogP contribution in [-0.4, -0.2) is 48.8 Å². The molecule has 0 radical (unpaired) electrons. The van der Waals surface area contributed by atoms with Gasteiger partial charge in [0.25, 0.3) is 0 Å². The molecule has 0 saturated carbocycles. The summed E-state index contributed by atoms with van der Waals surface area (Å²) in [5.74, 6) is -0.506. The number of rotatable bonds is 9. The third-order valence-corrected chi connectivity index (χ3v) is 5.20. The van der Waals surface area contributed by atoms with Gasteiger partial charge in [-0.05, 0) is 42.8 Å². The Morgan fingerprint density at radius 2 is 2.00 bits per heavy atom. The molecule has 1 aliphatic rings. The fourth-order valence-corrected chi connectivity index (χ4v) is 3.59. The number of benzene rings is 1. The third-order valence-electron chi connectivity index (χ3n) is 4.17.